The van der Waals surface area contributed by atoms with Gasteiger partial charge in [-0.1, -0.05) is 60.7 Å². The molecule has 1 heterocycles. The summed E-state index contributed by atoms with van der Waals surface area (Å²) >= 11 is 0. The van der Waals surface area contributed by atoms with Gasteiger partial charge in [-0.15, -0.1) is 0 Å². The van der Waals surface area contributed by atoms with Gasteiger partial charge in [0.1, 0.15) is 12.4 Å². The van der Waals surface area contributed by atoms with Gasteiger partial charge in [0.25, 0.3) is 0 Å². The maximum Gasteiger partial charge on any atom is 0.409 e. The number of hydrogen-bond acceptors (Lipinski definition) is 6. The van der Waals surface area contributed by atoms with Crippen molar-refractivity contribution in [2.24, 2.45) is 11.7 Å². The fourth-order valence-corrected chi connectivity index (χ4v) is 6.64. The van der Waals surface area contributed by atoms with Crippen molar-refractivity contribution in [2.45, 2.75) is 57.2 Å². The van der Waals surface area contributed by atoms with Crippen LogP contribution in [-0.4, -0.2) is 73.9 Å². The summed E-state index contributed by atoms with van der Waals surface area (Å²) in [5, 5.41) is 0. The number of carbonyl (C=O) groups is 2. The average molecular weight is 598 g/mol. The van der Waals surface area contributed by atoms with Crippen molar-refractivity contribution in [3.05, 3.63) is 89.0 Å². The van der Waals surface area contributed by atoms with Crippen LogP contribution in [-0.2, 0) is 20.8 Å². The van der Waals surface area contributed by atoms with Gasteiger partial charge in [-0.2, -0.15) is 0 Å². The van der Waals surface area contributed by atoms with Gasteiger partial charge in [0.2, 0.25) is 5.91 Å². The molecule has 1 aliphatic heterocycles. The van der Waals surface area contributed by atoms with Gasteiger partial charge in [-0.3, -0.25) is 4.79 Å². The van der Waals surface area contributed by atoms with Gasteiger partial charge >= 0.3 is 6.09 Å². The van der Waals surface area contributed by atoms with E-state index in [9.17, 15) is 9.59 Å². The third-order valence-electron chi connectivity index (χ3n) is 9.05. The number of fused-ring (bicyclic) bond motifs is 3. The lowest BCUT2D eigenvalue weighted by atomic mass is 9.93. The topological polar surface area (TPSA) is 94.3 Å². The molecule has 1 saturated heterocycles. The molecule has 8 heteroatoms. The molecule has 8 nitrogen and oxygen atoms in total. The van der Waals surface area contributed by atoms with E-state index in [2.05, 4.69) is 30.3 Å². The van der Waals surface area contributed by atoms with Crippen LogP contribution in [0.5, 0.6) is 5.75 Å². The third kappa shape index (κ3) is 6.61. The Morgan fingerprint density at radius 3 is 2.34 bits per heavy atom. The Morgan fingerprint density at radius 2 is 1.66 bits per heavy atom. The average Bonchev–Trinajstić information content (AvgIpc) is 3.83. The minimum Gasteiger partial charge on any atom is -0.493 e. The molecule has 3 aromatic rings. The Hall–Kier alpha value is -3.88. The summed E-state index contributed by atoms with van der Waals surface area (Å²) in [5.74, 6) is 0.510. The van der Waals surface area contributed by atoms with Gasteiger partial charge in [0.15, 0.2) is 0 Å². The van der Waals surface area contributed by atoms with Gasteiger partial charge in [-0.25, -0.2) is 4.79 Å². The number of nitrogens with zero attached hydrogens (tertiary/aromatic N) is 2. The normalized spacial score (nSPS) is 19.3. The fraction of sp³-hybridized carbons (Fsp3) is 0.444. The highest BCUT2D eigenvalue weighted by Crippen LogP contribution is 2.44. The van der Waals surface area contributed by atoms with Crippen LogP contribution in [0, 0.1) is 12.8 Å². The number of likely N-dealkylation sites (tertiary alicyclic amines) is 1. The fourth-order valence-electron chi connectivity index (χ4n) is 6.64. The largest absolute Gasteiger partial charge is 0.493 e. The highest BCUT2D eigenvalue weighted by Gasteiger charge is 2.40. The molecule has 0 unspecified atom stereocenters. The first kappa shape index (κ1) is 30.2. The number of carbonyl (C=O) groups excluding carboxylic acids is 2. The molecule has 2 fully saturated rings. The smallest absolute Gasteiger partial charge is 0.409 e. The van der Waals surface area contributed by atoms with Crippen molar-refractivity contribution in [3.63, 3.8) is 0 Å². The van der Waals surface area contributed by atoms with E-state index in [0.717, 1.165) is 36.1 Å². The van der Waals surface area contributed by atoms with Crippen molar-refractivity contribution < 1.29 is 23.8 Å². The van der Waals surface area contributed by atoms with E-state index in [1.165, 1.54) is 22.3 Å². The molecule has 0 spiro atoms. The highest BCUT2D eigenvalue weighted by atomic mass is 16.6. The van der Waals surface area contributed by atoms with E-state index in [0.29, 0.717) is 39.3 Å². The number of benzene rings is 3. The highest BCUT2D eigenvalue weighted by molar-refractivity contribution is 5.81. The molecule has 0 radical (unpaired) electrons. The number of piperidine rings is 1. The molecule has 2 aliphatic carbocycles. The molecule has 0 aromatic heterocycles. The van der Waals surface area contributed by atoms with Crippen LogP contribution in [0.3, 0.4) is 0 Å². The van der Waals surface area contributed by atoms with Crippen molar-refractivity contribution >= 4 is 12.0 Å². The second-order valence-electron chi connectivity index (χ2n) is 12.4. The molecule has 0 bridgehead atoms. The number of hydrogen-bond donors (Lipinski definition) is 1. The minimum absolute atomic E-state index is 0.0176. The Labute approximate surface area is 260 Å². The quantitative estimate of drug-likeness (QED) is 0.294. The van der Waals surface area contributed by atoms with Gasteiger partial charge in [0, 0.05) is 57.8 Å². The molecule has 3 aromatic carbocycles. The summed E-state index contributed by atoms with van der Waals surface area (Å²) < 4.78 is 17.1. The molecule has 2 atom stereocenters. The number of amides is 2. The first-order chi connectivity index (χ1) is 21.4. The van der Waals surface area contributed by atoms with Crippen LogP contribution in [0.25, 0.3) is 11.1 Å². The van der Waals surface area contributed by atoms with Gasteiger partial charge in [-0.05, 0) is 65.6 Å². The van der Waals surface area contributed by atoms with Crippen LogP contribution >= 0.6 is 0 Å². The maximum absolute atomic E-state index is 14.0. The van der Waals surface area contributed by atoms with Crippen molar-refractivity contribution in [1.29, 1.82) is 0 Å². The van der Waals surface area contributed by atoms with Crippen LogP contribution in [0.2, 0.25) is 0 Å². The zero-order valence-electron chi connectivity index (χ0n) is 25.7. The second kappa shape index (κ2) is 13.4. The molecule has 2 amide bonds. The van der Waals surface area contributed by atoms with Crippen molar-refractivity contribution in [1.82, 2.24) is 9.80 Å². The van der Waals surface area contributed by atoms with E-state index in [-0.39, 0.29) is 36.4 Å². The Kier molecular flexibility index (Phi) is 9.19. The standard InChI is InChI=1S/C36H43N3O5/c1-24-12-13-25(18-34(24)43-17-7-16-42-2)20-39(28-14-15-28)35(40)26-19-27(37)22-38(21-26)36(41)44-23-33-31-10-5-3-8-29(31)30-9-4-6-11-32(30)33/h3-6,8-13,18,26-28,33H,7,14-17,19-23,37H2,1-2H3/t26-,27+/m0/s1. The maximum atomic E-state index is 14.0. The van der Waals surface area contributed by atoms with Crippen LogP contribution in [0.15, 0.2) is 66.7 Å². The number of ether oxygens (including phenoxy) is 3. The Bertz CT molecular complexity index is 1440. The summed E-state index contributed by atoms with van der Waals surface area (Å²) in [6.07, 6.45) is 2.94. The lowest BCUT2D eigenvalue weighted by Gasteiger charge is -2.37. The van der Waals surface area contributed by atoms with E-state index < -0.39 is 6.09 Å². The summed E-state index contributed by atoms with van der Waals surface area (Å²) in [4.78, 5) is 31.0. The monoisotopic (exact) mass is 597 g/mol. The second-order valence-corrected chi connectivity index (χ2v) is 12.4. The Balaban J connectivity index is 1.10. The first-order valence-corrected chi connectivity index (χ1v) is 15.8. The Morgan fingerprint density at radius 1 is 0.955 bits per heavy atom. The summed E-state index contributed by atoms with van der Waals surface area (Å²) in [6.45, 7) is 4.71. The zero-order chi connectivity index (χ0) is 30.6. The predicted molar refractivity (Wildman–Crippen MR) is 169 cm³/mol. The molecular weight excluding hydrogens is 554 g/mol. The van der Waals surface area contributed by atoms with Crippen molar-refractivity contribution in [3.8, 4) is 16.9 Å². The SMILES string of the molecule is COCCCOc1cc(CN(C(=O)[C@H]2C[C@@H](N)CN(C(=O)OCC3c4ccccc4-c4ccccc43)C2)C2CC2)ccc1C. The van der Waals surface area contributed by atoms with E-state index in [4.69, 9.17) is 19.9 Å². The number of aryl methyl sites for hydroxylation is 1. The van der Waals surface area contributed by atoms with E-state index in [1.54, 1.807) is 12.0 Å². The first-order valence-electron chi connectivity index (χ1n) is 15.8. The molecule has 6 rings (SSSR count). The molecule has 44 heavy (non-hydrogen) atoms. The lowest BCUT2D eigenvalue weighted by Crippen LogP contribution is -2.54. The van der Waals surface area contributed by atoms with Gasteiger partial charge in [0.05, 0.1) is 12.5 Å². The molecule has 2 N–H and O–H groups in total. The summed E-state index contributed by atoms with van der Waals surface area (Å²) in [7, 11) is 1.69. The molecule has 1 saturated carbocycles. The zero-order valence-corrected chi connectivity index (χ0v) is 25.7. The van der Waals surface area contributed by atoms with E-state index in [1.807, 2.05) is 48.2 Å². The van der Waals surface area contributed by atoms with Crippen LogP contribution in [0.4, 0.5) is 4.79 Å². The molecule has 3 aliphatic rings. The predicted octanol–water partition coefficient (Wildman–Crippen LogP) is 5.50. The lowest BCUT2D eigenvalue weighted by molar-refractivity contribution is -0.138. The van der Waals surface area contributed by atoms with Crippen LogP contribution in [0.1, 0.15) is 53.9 Å². The van der Waals surface area contributed by atoms with E-state index >= 15 is 0 Å². The molecule has 232 valence electrons. The molecular formula is C36H43N3O5. The third-order valence-corrected chi connectivity index (χ3v) is 9.05. The minimum atomic E-state index is -0.411. The number of nitrogens with two attached hydrogens (primary N) is 1. The van der Waals surface area contributed by atoms with Gasteiger partial charge < -0.3 is 29.7 Å². The number of rotatable bonds is 11. The summed E-state index contributed by atoms with van der Waals surface area (Å²) in [5.41, 5.74) is 13.3. The van der Waals surface area contributed by atoms with Crippen molar-refractivity contribution in [2.75, 3.05) is 40.0 Å². The van der Waals surface area contributed by atoms with Crippen LogP contribution < -0.4 is 10.5 Å². The summed E-state index contributed by atoms with van der Waals surface area (Å²) in [6, 6.07) is 22.7. The number of methoxy groups -OCH3 is 1.